The molecule has 0 radical (unpaired) electrons. The smallest absolute Gasteiger partial charge is 0.291 e. The van der Waals surface area contributed by atoms with Crippen molar-refractivity contribution >= 4 is 5.91 Å². The molecule has 1 aromatic heterocycles. The first-order chi connectivity index (χ1) is 7.77. The first-order valence-corrected chi connectivity index (χ1v) is 5.72. The molecule has 0 aliphatic carbocycles. The lowest BCUT2D eigenvalue weighted by molar-refractivity contribution is 0.0337. The molecular weight excluding hydrogens is 206 g/mol. The van der Waals surface area contributed by atoms with Crippen LogP contribution in [0.25, 0.3) is 0 Å². The van der Waals surface area contributed by atoms with Crippen molar-refractivity contribution in [3.05, 3.63) is 17.8 Å². The number of aryl methyl sites for hydroxylation is 1. The molecule has 1 aromatic rings. The van der Waals surface area contributed by atoms with Crippen molar-refractivity contribution in [1.82, 2.24) is 15.2 Å². The van der Waals surface area contributed by atoms with Crippen molar-refractivity contribution in [3.63, 3.8) is 0 Å². The molecule has 3 rings (SSSR count). The number of piperidine rings is 1. The van der Waals surface area contributed by atoms with Gasteiger partial charge in [0.25, 0.3) is 5.91 Å². The summed E-state index contributed by atoms with van der Waals surface area (Å²) in [5.41, 5.74) is 0.680. The van der Waals surface area contributed by atoms with Crippen LogP contribution < -0.4 is 5.32 Å². The molecule has 2 aliphatic heterocycles. The molecule has 0 spiro atoms. The molecule has 1 amide bonds. The fraction of sp³-hybridized carbons (Fsp3) is 0.636. The number of nitrogens with zero attached hydrogens (tertiary/aromatic N) is 2. The number of hydrogen-bond donors (Lipinski definition) is 1. The summed E-state index contributed by atoms with van der Waals surface area (Å²) >= 11 is 0. The second-order valence-electron chi connectivity index (χ2n) is 4.49. The molecule has 0 bridgehead atoms. The van der Waals surface area contributed by atoms with Gasteiger partial charge in [-0.15, -0.1) is 0 Å². The van der Waals surface area contributed by atoms with Crippen LogP contribution in [0, 0.1) is 6.92 Å². The number of nitrogens with one attached hydrogen (secondary N) is 1. The Morgan fingerprint density at radius 1 is 1.69 bits per heavy atom. The Balaban J connectivity index is 1.82. The summed E-state index contributed by atoms with van der Waals surface area (Å²) in [5.74, 6) is 0.388. The normalized spacial score (nSPS) is 28.4. The second kappa shape index (κ2) is 3.59. The van der Waals surface area contributed by atoms with Crippen molar-refractivity contribution in [3.8, 4) is 0 Å². The van der Waals surface area contributed by atoms with E-state index in [0.717, 1.165) is 19.5 Å². The van der Waals surface area contributed by atoms with Crippen molar-refractivity contribution in [2.45, 2.75) is 31.8 Å². The molecule has 5 heteroatoms. The zero-order valence-corrected chi connectivity index (χ0v) is 9.27. The number of amides is 1. The Bertz CT molecular complexity index is 415. The molecule has 1 N–H and O–H groups in total. The van der Waals surface area contributed by atoms with Gasteiger partial charge < -0.3 is 14.6 Å². The summed E-state index contributed by atoms with van der Waals surface area (Å²) in [7, 11) is 0. The molecule has 16 heavy (non-hydrogen) atoms. The largest absolute Gasteiger partial charge is 0.438 e. The van der Waals surface area contributed by atoms with E-state index < -0.39 is 0 Å². The number of rotatable bonds is 1. The van der Waals surface area contributed by atoms with Gasteiger partial charge in [-0.25, -0.2) is 4.98 Å². The van der Waals surface area contributed by atoms with Crippen molar-refractivity contribution in [2.24, 2.45) is 0 Å². The predicted octanol–water partition coefficient (Wildman–Crippen LogP) is 0.559. The Kier molecular flexibility index (Phi) is 2.21. The number of aromatic nitrogens is 1. The zero-order chi connectivity index (χ0) is 11.1. The Hall–Kier alpha value is -1.36. The number of hydrogen-bond acceptors (Lipinski definition) is 4. The number of oxazole rings is 1. The van der Waals surface area contributed by atoms with Gasteiger partial charge >= 0.3 is 0 Å². The van der Waals surface area contributed by atoms with Crippen LogP contribution in [0.4, 0.5) is 0 Å². The summed E-state index contributed by atoms with van der Waals surface area (Å²) in [6.07, 6.45) is 3.57. The third kappa shape index (κ3) is 1.35. The third-order valence-electron chi connectivity index (χ3n) is 3.57. The van der Waals surface area contributed by atoms with Crippen LogP contribution in [0.1, 0.15) is 29.1 Å². The predicted molar refractivity (Wildman–Crippen MR) is 57.1 cm³/mol. The highest BCUT2D eigenvalue weighted by Crippen LogP contribution is 2.25. The van der Waals surface area contributed by atoms with Crippen LogP contribution in [0.2, 0.25) is 0 Å². The molecule has 2 unspecified atom stereocenters. The molecule has 2 fully saturated rings. The fourth-order valence-corrected chi connectivity index (χ4v) is 2.55. The van der Waals surface area contributed by atoms with Crippen molar-refractivity contribution in [1.29, 1.82) is 0 Å². The van der Waals surface area contributed by atoms with E-state index in [1.165, 1.54) is 12.8 Å². The molecule has 2 aliphatic rings. The zero-order valence-electron chi connectivity index (χ0n) is 9.27. The van der Waals surface area contributed by atoms with Crippen molar-refractivity contribution < 1.29 is 9.21 Å². The van der Waals surface area contributed by atoms with E-state index in [1.54, 1.807) is 6.92 Å². The van der Waals surface area contributed by atoms with Gasteiger partial charge in [0.15, 0.2) is 6.39 Å². The minimum atomic E-state index is -0.00815. The van der Waals surface area contributed by atoms with E-state index in [-0.39, 0.29) is 5.91 Å². The van der Waals surface area contributed by atoms with E-state index in [0.29, 0.717) is 23.5 Å². The van der Waals surface area contributed by atoms with Gasteiger partial charge in [-0.1, -0.05) is 0 Å². The number of likely N-dealkylation sites (tertiary alicyclic amines) is 1. The molecule has 0 saturated carbocycles. The topological polar surface area (TPSA) is 58.4 Å². The van der Waals surface area contributed by atoms with Crippen LogP contribution in [0.5, 0.6) is 0 Å². The Morgan fingerprint density at radius 3 is 3.19 bits per heavy atom. The molecule has 86 valence electrons. The van der Waals surface area contributed by atoms with Gasteiger partial charge in [0, 0.05) is 19.1 Å². The highest BCUT2D eigenvalue weighted by atomic mass is 16.3. The standard InChI is InChI=1S/C11H15N3O2/c1-7-10(16-6-13-7)11(15)14-4-2-3-8-9(14)5-12-8/h6,8-9,12H,2-5H2,1H3. The van der Waals surface area contributed by atoms with E-state index in [2.05, 4.69) is 10.3 Å². The molecule has 2 saturated heterocycles. The van der Waals surface area contributed by atoms with Crippen LogP contribution in [0.3, 0.4) is 0 Å². The lowest BCUT2D eigenvalue weighted by Crippen LogP contribution is -2.68. The second-order valence-corrected chi connectivity index (χ2v) is 4.49. The Morgan fingerprint density at radius 2 is 2.56 bits per heavy atom. The van der Waals surface area contributed by atoms with Crippen LogP contribution >= 0.6 is 0 Å². The molecule has 5 nitrogen and oxygen atoms in total. The van der Waals surface area contributed by atoms with Crippen molar-refractivity contribution in [2.75, 3.05) is 13.1 Å². The number of carbonyl (C=O) groups excluding carboxylic acids is 1. The maximum absolute atomic E-state index is 12.2. The quantitative estimate of drug-likeness (QED) is 0.752. The van der Waals surface area contributed by atoms with Gasteiger partial charge in [0.2, 0.25) is 5.76 Å². The lowest BCUT2D eigenvalue weighted by Gasteiger charge is -2.48. The van der Waals surface area contributed by atoms with Gasteiger partial charge in [0.05, 0.1) is 11.7 Å². The monoisotopic (exact) mass is 221 g/mol. The number of carbonyl (C=O) groups is 1. The van der Waals surface area contributed by atoms with Crippen LogP contribution in [-0.2, 0) is 0 Å². The maximum atomic E-state index is 12.2. The first kappa shape index (κ1) is 9.84. The van der Waals surface area contributed by atoms with E-state index in [1.807, 2.05) is 4.90 Å². The van der Waals surface area contributed by atoms with Gasteiger partial charge in [0.1, 0.15) is 0 Å². The summed E-state index contributed by atoms with van der Waals surface area (Å²) < 4.78 is 5.16. The Labute approximate surface area is 93.8 Å². The SMILES string of the molecule is Cc1ncoc1C(=O)N1CCCC2NCC21. The highest BCUT2D eigenvalue weighted by molar-refractivity contribution is 5.92. The average Bonchev–Trinajstić information content (AvgIpc) is 2.65. The number of fused-ring (bicyclic) bond motifs is 1. The van der Waals surface area contributed by atoms with E-state index in [9.17, 15) is 4.79 Å². The van der Waals surface area contributed by atoms with Gasteiger partial charge in [-0.2, -0.15) is 0 Å². The first-order valence-electron chi connectivity index (χ1n) is 5.72. The molecular formula is C11H15N3O2. The highest BCUT2D eigenvalue weighted by Gasteiger charge is 2.41. The summed E-state index contributed by atoms with van der Waals surface area (Å²) in [6.45, 7) is 3.54. The van der Waals surface area contributed by atoms with Gasteiger partial charge in [-0.05, 0) is 19.8 Å². The molecule has 3 heterocycles. The van der Waals surface area contributed by atoms with E-state index in [4.69, 9.17) is 4.42 Å². The average molecular weight is 221 g/mol. The maximum Gasteiger partial charge on any atom is 0.291 e. The van der Waals surface area contributed by atoms with Crippen LogP contribution in [-0.4, -0.2) is 41.0 Å². The van der Waals surface area contributed by atoms with Crippen LogP contribution in [0.15, 0.2) is 10.8 Å². The minimum Gasteiger partial charge on any atom is -0.438 e. The molecule has 0 aromatic carbocycles. The minimum absolute atomic E-state index is 0.00815. The molecule has 2 atom stereocenters. The summed E-state index contributed by atoms with van der Waals surface area (Å²) in [4.78, 5) is 18.1. The lowest BCUT2D eigenvalue weighted by atomic mass is 9.89. The van der Waals surface area contributed by atoms with E-state index >= 15 is 0 Å². The third-order valence-corrected chi connectivity index (χ3v) is 3.57. The summed E-state index contributed by atoms with van der Waals surface area (Å²) in [6, 6.07) is 0.840. The summed E-state index contributed by atoms with van der Waals surface area (Å²) in [5, 5.41) is 3.35. The van der Waals surface area contributed by atoms with Gasteiger partial charge in [-0.3, -0.25) is 4.79 Å². The fourth-order valence-electron chi connectivity index (χ4n) is 2.55.